The summed E-state index contributed by atoms with van der Waals surface area (Å²) in [5.74, 6) is 1.82. The van der Waals surface area contributed by atoms with Crippen molar-refractivity contribution in [3.8, 4) is 11.1 Å². The van der Waals surface area contributed by atoms with Crippen LogP contribution in [0.15, 0.2) is 71.0 Å². The fourth-order valence-corrected chi connectivity index (χ4v) is 5.08. The first-order valence-corrected chi connectivity index (χ1v) is 12.3. The van der Waals surface area contributed by atoms with E-state index in [2.05, 4.69) is 45.2 Å². The molecule has 1 aromatic heterocycles. The average molecular weight is 472 g/mol. The third-order valence-electron chi connectivity index (χ3n) is 7.15. The monoisotopic (exact) mass is 471 g/mol. The molecule has 180 valence electrons. The molecule has 3 aliphatic rings. The van der Waals surface area contributed by atoms with Crippen molar-refractivity contribution in [2.75, 3.05) is 6.54 Å². The zero-order valence-electron chi connectivity index (χ0n) is 19.7. The first kappa shape index (κ1) is 21.9. The summed E-state index contributed by atoms with van der Waals surface area (Å²) in [5, 5.41) is 18.2. The van der Waals surface area contributed by atoms with E-state index in [9.17, 15) is 4.39 Å². The van der Waals surface area contributed by atoms with Crippen LogP contribution in [0.25, 0.3) is 11.1 Å². The van der Waals surface area contributed by atoms with Gasteiger partial charge in [0, 0.05) is 23.7 Å². The molecule has 6 N–H and O–H groups in total. The molecule has 2 aliphatic heterocycles. The van der Waals surface area contributed by atoms with E-state index in [1.54, 1.807) is 12.1 Å². The second-order valence-corrected chi connectivity index (χ2v) is 9.67. The Morgan fingerprint density at radius 2 is 1.94 bits per heavy atom. The Morgan fingerprint density at radius 3 is 2.74 bits per heavy atom. The van der Waals surface area contributed by atoms with Gasteiger partial charge in [0.1, 0.15) is 17.3 Å². The molecule has 1 fully saturated rings. The third kappa shape index (κ3) is 4.08. The number of aliphatic imine (C=N–C) groups is 1. The van der Waals surface area contributed by atoms with Crippen LogP contribution >= 0.6 is 0 Å². The van der Waals surface area contributed by atoms with Crippen molar-refractivity contribution in [3.05, 3.63) is 88.8 Å². The highest BCUT2D eigenvalue weighted by molar-refractivity contribution is 5.85. The summed E-state index contributed by atoms with van der Waals surface area (Å²) in [7, 11) is 0. The molecule has 0 amide bonds. The van der Waals surface area contributed by atoms with Gasteiger partial charge in [-0.1, -0.05) is 36.4 Å². The van der Waals surface area contributed by atoms with Crippen molar-refractivity contribution in [2.45, 2.75) is 50.2 Å². The number of nitrogens with two attached hydrogens (primary N) is 1. The lowest BCUT2D eigenvalue weighted by molar-refractivity contribution is 0.398. The van der Waals surface area contributed by atoms with Gasteiger partial charge in [-0.15, -0.1) is 0 Å². The number of H-pyrrole nitrogens is 1. The molecule has 3 aromatic rings. The first-order chi connectivity index (χ1) is 17.0. The number of aromatic nitrogens is 2. The fourth-order valence-electron chi connectivity index (χ4n) is 5.08. The molecule has 1 aliphatic carbocycles. The molecule has 6 rings (SSSR count). The lowest BCUT2D eigenvalue weighted by Gasteiger charge is -2.41. The van der Waals surface area contributed by atoms with Gasteiger partial charge in [0.05, 0.1) is 6.04 Å². The van der Waals surface area contributed by atoms with Crippen LogP contribution in [0.1, 0.15) is 61.5 Å². The number of aromatic amines is 1. The number of hydrogen-bond acceptors (Lipinski definition) is 4. The van der Waals surface area contributed by atoms with Crippen molar-refractivity contribution in [3.63, 3.8) is 0 Å². The second-order valence-electron chi connectivity index (χ2n) is 9.67. The van der Waals surface area contributed by atoms with Crippen LogP contribution in [0.3, 0.4) is 0 Å². The maximum absolute atomic E-state index is 13.5. The molecule has 1 unspecified atom stereocenters. The van der Waals surface area contributed by atoms with Gasteiger partial charge in [-0.3, -0.25) is 10.8 Å². The van der Waals surface area contributed by atoms with Gasteiger partial charge in [0.15, 0.2) is 11.6 Å². The summed E-state index contributed by atoms with van der Waals surface area (Å²) in [6, 6.07) is 16.6. The minimum absolute atomic E-state index is 0.178. The lowest BCUT2D eigenvalue weighted by atomic mass is 9.89. The molecule has 8 heteroatoms. The third-order valence-corrected chi connectivity index (χ3v) is 7.15. The van der Waals surface area contributed by atoms with Gasteiger partial charge < -0.3 is 16.0 Å². The predicted molar refractivity (Wildman–Crippen MR) is 135 cm³/mol. The highest BCUT2D eigenvalue weighted by Gasteiger charge is 2.42. The van der Waals surface area contributed by atoms with Crippen LogP contribution in [-0.2, 0) is 5.66 Å². The number of halogens is 1. The molecule has 0 spiro atoms. The largest absolute Gasteiger partial charge is 0.371 e. The maximum atomic E-state index is 13.5. The van der Waals surface area contributed by atoms with E-state index in [4.69, 9.17) is 10.7 Å². The Kier molecular flexibility index (Phi) is 5.33. The predicted octanol–water partition coefficient (Wildman–Crippen LogP) is 4.11. The smallest absolute Gasteiger partial charge is 0.199 e. The van der Waals surface area contributed by atoms with Gasteiger partial charge in [0.25, 0.3) is 0 Å². The quantitative estimate of drug-likeness (QED) is 0.385. The lowest BCUT2D eigenvalue weighted by Crippen LogP contribution is -2.64. The Labute approximate surface area is 204 Å². The van der Waals surface area contributed by atoms with Crippen LogP contribution in [-0.4, -0.2) is 22.7 Å². The normalized spacial score (nSPS) is 23.8. The van der Waals surface area contributed by atoms with Crippen LogP contribution in [0.5, 0.6) is 0 Å². The molecule has 0 radical (unpaired) electrons. The Morgan fingerprint density at radius 1 is 1.14 bits per heavy atom. The highest BCUT2D eigenvalue weighted by atomic mass is 19.1. The van der Waals surface area contributed by atoms with E-state index in [-0.39, 0.29) is 11.9 Å². The van der Waals surface area contributed by atoms with Crippen LogP contribution in [0.4, 0.5) is 4.39 Å². The Bertz CT molecular complexity index is 1310. The molecule has 0 saturated heterocycles. The van der Waals surface area contributed by atoms with Crippen LogP contribution in [0, 0.1) is 5.82 Å². The number of hydrogen-bond donors (Lipinski definition) is 5. The van der Waals surface area contributed by atoms with E-state index < -0.39 is 5.66 Å². The van der Waals surface area contributed by atoms with Gasteiger partial charge in [-0.05, 0) is 67.5 Å². The summed E-state index contributed by atoms with van der Waals surface area (Å²) < 4.78 is 13.5. The molecule has 2 aromatic carbocycles. The second kappa shape index (κ2) is 8.53. The number of nitrogens with zero attached hydrogens (tertiary/aromatic N) is 2. The van der Waals surface area contributed by atoms with Crippen molar-refractivity contribution < 1.29 is 4.39 Å². The van der Waals surface area contributed by atoms with Crippen molar-refractivity contribution >= 4 is 5.96 Å². The average Bonchev–Trinajstić information content (AvgIpc) is 3.60. The molecular weight excluding hydrogens is 441 g/mol. The fraction of sp³-hybridized carbons (Fsp3) is 0.333. The number of benzene rings is 2. The topological polar surface area (TPSA) is 103 Å². The van der Waals surface area contributed by atoms with Gasteiger partial charge in [-0.25, -0.2) is 9.38 Å². The highest BCUT2D eigenvalue weighted by Crippen LogP contribution is 2.41. The van der Waals surface area contributed by atoms with E-state index in [1.165, 1.54) is 25.0 Å². The minimum Gasteiger partial charge on any atom is -0.371 e. The van der Waals surface area contributed by atoms with Crippen LogP contribution < -0.4 is 21.7 Å². The zero-order valence-corrected chi connectivity index (χ0v) is 19.7. The number of guanidine groups is 1. The molecule has 35 heavy (non-hydrogen) atoms. The summed E-state index contributed by atoms with van der Waals surface area (Å²) in [5.41, 5.74) is 12.1. The standard InChI is InChI=1S/C27H30FN7/c1-16(20-5-2-3-6-21(20)17-10-12-19(28)13-11-17)31-26-32-25-22(7-4-14-30-25)27(29,33-26)24-15-23(34-35-24)18-8-9-18/h2-3,5-6,10-13,15-16,18,30H,4,7-9,14,29H2,1H3,(H,34,35)(H2,31,32,33)/t16-,27?/m0/s1. The Balaban J connectivity index is 1.35. The molecule has 7 nitrogen and oxygen atoms in total. The Hall–Kier alpha value is -3.65. The molecular formula is C27H30FN7. The molecule has 0 bridgehead atoms. The molecule has 3 heterocycles. The van der Waals surface area contributed by atoms with Gasteiger partial charge in [-0.2, -0.15) is 5.10 Å². The number of nitrogens with one attached hydrogen (secondary N) is 4. The van der Waals surface area contributed by atoms with Crippen molar-refractivity contribution in [2.24, 2.45) is 10.7 Å². The maximum Gasteiger partial charge on any atom is 0.199 e. The van der Waals surface area contributed by atoms with E-state index in [1.807, 2.05) is 18.2 Å². The van der Waals surface area contributed by atoms with Crippen LogP contribution in [0.2, 0.25) is 0 Å². The van der Waals surface area contributed by atoms with E-state index >= 15 is 0 Å². The number of rotatable bonds is 5. The summed E-state index contributed by atoms with van der Waals surface area (Å²) >= 11 is 0. The van der Waals surface area contributed by atoms with E-state index in [0.29, 0.717) is 11.9 Å². The summed E-state index contributed by atoms with van der Waals surface area (Å²) in [4.78, 5) is 5.00. The van der Waals surface area contributed by atoms with Gasteiger partial charge >= 0.3 is 0 Å². The van der Waals surface area contributed by atoms with Crippen molar-refractivity contribution in [1.82, 2.24) is 26.1 Å². The van der Waals surface area contributed by atoms with E-state index in [0.717, 1.165) is 58.9 Å². The summed E-state index contributed by atoms with van der Waals surface area (Å²) in [6.07, 6.45) is 4.28. The van der Waals surface area contributed by atoms with Gasteiger partial charge in [0.2, 0.25) is 0 Å². The zero-order chi connectivity index (χ0) is 24.0. The minimum atomic E-state index is -0.952. The molecule has 1 saturated carbocycles. The summed E-state index contributed by atoms with van der Waals surface area (Å²) in [6.45, 7) is 2.93. The first-order valence-electron chi connectivity index (χ1n) is 12.3. The molecule has 2 atom stereocenters. The van der Waals surface area contributed by atoms with Crippen molar-refractivity contribution in [1.29, 1.82) is 0 Å². The SMILES string of the molecule is C[C@H](N=C1NC2=C(CCCN2)C(N)(c2cc(C3CC3)[nH]n2)N1)c1ccccc1-c1ccc(F)cc1.